The van der Waals surface area contributed by atoms with Crippen molar-refractivity contribution in [2.45, 2.75) is 46.5 Å². The smallest absolute Gasteiger partial charge is 0.0704 e. The zero-order valence-corrected chi connectivity index (χ0v) is 20.1. The third kappa shape index (κ3) is 13.0. The first-order valence-corrected chi connectivity index (χ1v) is 11.8. The molecule has 2 aromatic rings. The molecule has 1 aliphatic carbocycles. The summed E-state index contributed by atoms with van der Waals surface area (Å²) in [7, 11) is 0. The van der Waals surface area contributed by atoms with Crippen molar-refractivity contribution in [1.29, 1.82) is 0 Å². The van der Waals surface area contributed by atoms with Crippen molar-refractivity contribution < 1.29 is 0 Å². The van der Waals surface area contributed by atoms with Crippen LogP contribution in [-0.4, -0.2) is 4.98 Å². The van der Waals surface area contributed by atoms with Crippen molar-refractivity contribution in [2.75, 3.05) is 0 Å². The van der Waals surface area contributed by atoms with Gasteiger partial charge in [0.1, 0.15) is 0 Å². The Morgan fingerprint density at radius 1 is 0.966 bits per heavy atom. The fraction of sp³-hybridized carbons (Fsp3) is 0.269. The summed E-state index contributed by atoms with van der Waals surface area (Å²) in [6.45, 7) is 6.41. The Bertz CT molecular complexity index is 810. The van der Waals surface area contributed by atoms with Crippen LogP contribution in [-0.2, 0) is 0 Å². The first-order chi connectivity index (χ1) is 14.2. The predicted octanol–water partition coefficient (Wildman–Crippen LogP) is 9.28. The van der Waals surface area contributed by atoms with Gasteiger partial charge in [-0.1, -0.05) is 75.4 Å². The lowest BCUT2D eigenvalue weighted by molar-refractivity contribution is 1.21. The summed E-state index contributed by atoms with van der Waals surface area (Å²) in [4.78, 5) is 5.30. The van der Waals surface area contributed by atoms with E-state index in [4.69, 9.17) is 0 Å². The van der Waals surface area contributed by atoms with Crippen LogP contribution in [0.25, 0.3) is 12.2 Å². The van der Waals surface area contributed by atoms with E-state index < -0.39 is 0 Å². The molecule has 0 fully saturated rings. The number of allylic oxidation sites excluding steroid dienone is 8. The van der Waals surface area contributed by atoms with Gasteiger partial charge in [-0.25, -0.2) is 0 Å². The molecule has 0 radical (unpaired) electrons. The van der Waals surface area contributed by atoms with Gasteiger partial charge in [0, 0.05) is 17.3 Å². The van der Waals surface area contributed by atoms with Crippen molar-refractivity contribution in [3.8, 4) is 0 Å². The van der Waals surface area contributed by atoms with Crippen molar-refractivity contribution in [2.24, 2.45) is 0 Å². The Morgan fingerprint density at radius 3 is 2.24 bits per heavy atom. The van der Waals surface area contributed by atoms with Crippen LogP contribution in [0.15, 0.2) is 88.6 Å². The number of nitrogens with zero attached hydrogens (tertiary/aromatic N) is 1. The average Bonchev–Trinajstić information content (AvgIpc) is 3.42. The van der Waals surface area contributed by atoms with E-state index in [-0.39, 0.29) is 0 Å². The molecule has 0 aliphatic heterocycles. The van der Waals surface area contributed by atoms with Gasteiger partial charge in [-0.15, -0.1) is 11.3 Å². The molecule has 3 heteroatoms. The van der Waals surface area contributed by atoms with Crippen LogP contribution in [0.3, 0.4) is 0 Å². The van der Waals surface area contributed by atoms with E-state index >= 15 is 0 Å². The van der Waals surface area contributed by atoms with Gasteiger partial charge in [-0.2, -0.15) is 0 Å². The predicted molar refractivity (Wildman–Crippen MR) is 136 cm³/mol. The first kappa shape index (κ1) is 25.1. The topological polar surface area (TPSA) is 12.9 Å². The highest BCUT2D eigenvalue weighted by atomic mass is 79.9. The summed E-state index contributed by atoms with van der Waals surface area (Å²) in [5, 5.41) is 0. The maximum atomic E-state index is 3.99. The molecular formula is C26H32BrNS. The van der Waals surface area contributed by atoms with Crippen LogP contribution in [0.4, 0.5) is 0 Å². The Morgan fingerprint density at radius 2 is 1.69 bits per heavy atom. The zero-order valence-electron chi connectivity index (χ0n) is 17.7. The third-order valence-electron chi connectivity index (χ3n) is 3.71. The number of thiophene rings is 1. The molecule has 0 N–H and O–H groups in total. The molecular weight excluding hydrogens is 438 g/mol. The minimum absolute atomic E-state index is 1.08. The molecule has 2 heterocycles. The summed E-state index contributed by atoms with van der Waals surface area (Å²) >= 11 is 5.17. The summed E-state index contributed by atoms with van der Waals surface area (Å²) in [5.74, 6) is 0. The van der Waals surface area contributed by atoms with Gasteiger partial charge in [0.15, 0.2) is 0 Å². The SMILES string of the molecule is CC/C=C/C1=CC=CC1.CC/C=C/c1ccc(Br)s1.CC/C=C/c1cccnc1. The molecule has 3 rings (SSSR count). The van der Waals surface area contributed by atoms with Gasteiger partial charge in [-0.05, 0) is 77.0 Å². The lowest BCUT2D eigenvalue weighted by Crippen LogP contribution is -1.71. The number of rotatable bonds is 6. The van der Waals surface area contributed by atoms with E-state index in [1.54, 1.807) is 17.5 Å². The highest BCUT2D eigenvalue weighted by Gasteiger charge is 1.91. The van der Waals surface area contributed by atoms with Crippen molar-refractivity contribution in [3.63, 3.8) is 0 Å². The largest absolute Gasteiger partial charge is 0.264 e. The Hall–Kier alpha value is -1.97. The lowest BCUT2D eigenvalue weighted by atomic mass is 10.2. The second-order valence-electron chi connectivity index (χ2n) is 6.23. The molecule has 154 valence electrons. The highest BCUT2D eigenvalue weighted by molar-refractivity contribution is 9.11. The molecule has 1 aliphatic rings. The summed E-state index contributed by atoms with van der Waals surface area (Å²) in [5.41, 5.74) is 2.60. The van der Waals surface area contributed by atoms with Gasteiger partial charge in [0.05, 0.1) is 3.79 Å². The Kier molecular flexibility index (Phi) is 14.6. The molecule has 0 amide bonds. The standard InChI is InChI=1S/C9H11N.C9H12.C8H9BrS/c1-2-3-5-9-6-4-7-10-8-9;1-2-3-6-9-7-4-5-8-9;1-2-3-4-7-5-6-8(9)10-7/h3-8H,2H2,1H3;3-7H,2,8H2,1H3;3-6H,2H2,1H3/b5-3+;6-3+;4-3+. The molecule has 0 bridgehead atoms. The quantitative estimate of drug-likeness (QED) is 0.410. The summed E-state index contributed by atoms with van der Waals surface area (Å²) < 4.78 is 1.20. The second kappa shape index (κ2) is 16.9. The van der Waals surface area contributed by atoms with Crippen LogP contribution >= 0.6 is 27.3 Å². The van der Waals surface area contributed by atoms with Crippen molar-refractivity contribution >= 4 is 39.4 Å². The van der Waals surface area contributed by atoms with Gasteiger partial charge in [0.2, 0.25) is 0 Å². The van der Waals surface area contributed by atoms with Crippen LogP contribution in [0.1, 0.15) is 56.9 Å². The first-order valence-electron chi connectivity index (χ1n) is 10.2. The highest BCUT2D eigenvalue weighted by Crippen LogP contribution is 2.22. The molecule has 0 unspecified atom stereocenters. The van der Waals surface area contributed by atoms with E-state index in [2.05, 4.69) is 109 Å². The average molecular weight is 471 g/mol. The maximum Gasteiger partial charge on any atom is 0.0704 e. The minimum Gasteiger partial charge on any atom is -0.264 e. The number of pyridine rings is 1. The van der Waals surface area contributed by atoms with Gasteiger partial charge >= 0.3 is 0 Å². The fourth-order valence-electron chi connectivity index (χ4n) is 2.24. The third-order valence-corrected chi connectivity index (χ3v) is 5.30. The molecule has 1 nitrogen and oxygen atoms in total. The van der Waals surface area contributed by atoms with Crippen LogP contribution in [0.2, 0.25) is 0 Å². The molecule has 0 spiro atoms. The van der Waals surface area contributed by atoms with Crippen LogP contribution < -0.4 is 0 Å². The number of halogens is 1. The molecule has 0 saturated carbocycles. The van der Waals surface area contributed by atoms with Crippen molar-refractivity contribution in [3.05, 3.63) is 99.0 Å². The molecule has 0 atom stereocenters. The number of hydrogen-bond acceptors (Lipinski definition) is 2. The summed E-state index contributed by atoms with van der Waals surface area (Å²) in [6, 6.07) is 8.16. The van der Waals surface area contributed by atoms with Crippen LogP contribution in [0.5, 0.6) is 0 Å². The van der Waals surface area contributed by atoms with Crippen LogP contribution in [0, 0.1) is 0 Å². The maximum absolute atomic E-state index is 3.99. The van der Waals surface area contributed by atoms with Crippen molar-refractivity contribution in [1.82, 2.24) is 4.98 Å². The van der Waals surface area contributed by atoms with E-state index in [0.29, 0.717) is 0 Å². The van der Waals surface area contributed by atoms with E-state index in [0.717, 1.165) is 25.7 Å². The summed E-state index contributed by atoms with van der Waals surface area (Å²) in [6.07, 6.45) is 27.4. The molecule has 0 saturated heterocycles. The zero-order chi connectivity index (χ0) is 21.2. The van der Waals surface area contributed by atoms with Gasteiger partial charge in [-0.3, -0.25) is 4.98 Å². The molecule has 2 aromatic heterocycles. The number of aromatic nitrogens is 1. The van der Waals surface area contributed by atoms with E-state index in [9.17, 15) is 0 Å². The van der Waals surface area contributed by atoms with Gasteiger partial charge < -0.3 is 0 Å². The molecule has 0 aromatic carbocycles. The van der Waals surface area contributed by atoms with Gasteiger partial charge in [0.25, 0.3) is 0 Å². The lowest BCUT2D eigenvalue weighted by Gasteiger charge is -1.87. The van der Waals surface area contributed by atoms with E-state index in [1.807, 2.05) is 18.3 Å². The molecule has 29 heavy (non-hydrogen) atoms. The fourth-order valence-corrected chi connectivity index (χ4v) is 3.59. The second-order valence-corrected chi connectivity index (χ2v) is 8.73. The monoisotopic (exact) mass is 469 g/mol. The Balaban J connectivity index is 0.000000218. The number of hydrogen-bond donors (Lipinski definition) is 0. The Labute approximate surface area is 189 Å². The van der Waals surface area contributed by atoms with E-state index in [1.165, 1.54) is 19.8 Å². The normalized spacial score (nSPS) is 12.8. The minimum atomic E-state index is 1.08.